The van der Waals surface area contributed by atoms with E-state index in [1.54, 1.807) is 20.8 Å². The molecule has 0 aliphatic carbocycles. The lowest BCUT2D eigenvalue weighted by atomic mass is 10.1. The first kappa shape index (κ1) is 11.5. The smallest absolute Gasteiger partial charge is 0.325 e. The molecular weight excluding hydrogens is 198 g/mol. The summed E-state index contributed by atoms with van der Waals surface area (Å²) in [6.45, 7) is 5.23. The lowest BCUT2D eigenvalue weighted by Gasteiger charge is -2.15. The highest BCUT2D eigenvalue weighted by Crippen LogP contribution is 2.15. The van der Waals surface area contributed by atoms with E-state index in [-0.39, 0.29) is 18.4 Å². The molecule has 1 heterocycles. The van der Waals surface area contributed by atoms with Crippen LogP contribution in [0.5, 0.6) is 0 Å². The number of nitrogens with one attached hydrogen (secondary N) is 2. The second-order valence-corrected chi connectivity index (χ2v) is 3.90. The molecule has 1 rings (SSSR count). The largest absolute Gasteiger partial charge is 0.355 e. The number of carbonyl (C=O) groups excluding carboxylic acids is 3. The molecule has 0 spiro atoms. The van der Waals surface area contributed by atoms with Gasteiger partial charge < -0.3 is 10.6 Å². The summed E-state index contributed by atoms with van der Waals surface area (Å²) in [5.41, 5.74) is -0.913. The van der Waals surface area contributed by atoms with Gasteiger partial charge in [0.15, 0.2) is 0 Å². The molecule has 0 bridgehead atoms. The van der Waals surface area contributed by atoms with Crippen LogP contribution in [0.1, 0.15) is 20.8 Å². The molecule has 0 aromatic carbocycles. The summed E-state index contributed by atoms with van der Waals surface area (Å²) in [5.74, 6) is -0.711. The number of hydrogen-bond acceptors (Lipinski definition) is 3. The van der Waals surface area contributed by atoms with E-state index in [2.05, 4.69) is 10.6 Å². The first-order chi connectivity index (χ1) is 6.88. The lowest BCUT2D eigenvalue weighted by Crippen LogP contribution is -2.43. The zero-order valence-corrected chi connectivity index (χ0v) is 9.09. The number of hydrogen-bond donors (Lipinski definition) is 2. The molecular formula is C9H15N3O3. The summed E-state index contributed by atoms with van der Waals surface area (Å²) in [4.78, 5) is 35.1. The van der Waals surface area contributed by atoms with E-state index in [0.717, 1.165) is 4.90 Å². The monoisotopic (exact) mass is 213 g/mol. The van der Waals surface area contributed by atoms with Gasteiger partial charge in [0, 0.05) is 6.54 Å². The van der Waals surface area contributed by atoms with Gasteiger partial charge in [-0.15, -0.1) is 0 Å². The predicted molar refractivity (Wildman–Crippen MR) is 53.0 cm³/mol. The lowest BCUT2D eigenvalue weighted by molar-refractivity contribution is -0.134. The highest BCUT2D eigenvalue weighted by atomic mass is 16.2. The quantitative estimate of drug-likeness (QED) is 0.617. The van der Waals surface area contributed by atoms with E-state index in [1.165, 1.54) is 0 Å². The van der Waals surface area contributed by atoms with Crippen LogP contribution in [0.3, 0.4) is 0 Å². The average Bonchev–Trinajstić information content (AvgIpc) is 2.28. The summed E-state index contributed by atoms with van der Waals surface area (Å²) in [6.07, 6.45) is 0. The Kier molecular flexibility index (Phi) is 2.97. The van der Waals surface area contributed by atoms with Gasteiger partial charge in [-0.05, 0) is 20.8 Å². The molecule has 1 saturated heterocycles. The summed E-state index contributed by atoms with van der Waals surface area (Å²) >= 11 is 0. The molecule has 1 aliphatic rings. The van der Waals surface area contributed by atoms with Crippen LogP contribution < -0.4 is 10.6 Å². The Morgan fingerprint density at radius 1 is 1.47 bits per heavy atom. The molecule has 1 fully saturated rings. The molecule has 4 amide bonds. The summed E-state index contributed by atoms with van der Waals surface area (Å²) < 4.78 is 0. The van der Waals surface area contributed by atoms with Crippen molar-refractivity contribution in [3.05, 3.63) is 0 Å². The standard InChI is InChI=1S/C9H15N3O3/c1-4-10-6(13)5-12-7(14)9(2,3)11-8(12)15/h4-5H2,1-3H3,(H,10,13)(H,11,15). The van der Waals surface area contributed by atoms with Gasteiger partial charge in [-0.3, -0.25) is 14.5 Å². The Morgan fingerprint density at radius 3 is 2.47 bits per heavy atom. The highest BCUT2D eigenvalue weighted by Gasteiger charge is 2.44. The first-order valence-corrected chi connectivity index (χ1v) is 4.79. The molecule has 0 atom stereocenters. The zero-order valence-electron chi connectivity index (χ0n) is 9.09. The second kappa shape index (κ2) is 3.88. The number of urea groups is 1. The fraction of sp³-hybridized carbons (Fsp3) is 0.667. The third kappa shape index (κ3) is 2.26. The number of imide groups is 1. The molecule has 0 radical (unpaired) electrons. The van der Waals surface area contributed by atoms with Crippen molar-refractivity contribution in [3.8, 4) is 0 Å². The SMILES string of the molecule is CCNC(=O)CN1C(=O)NC(C)(C)C1=O. The van der Waals surface area contributed by atoms with Crippen molar-refractivity contribution in [1.29, 1.82) is 0 Å². The maximum absolute atomic E-state index is 11.6. The molecule has 0 saturated carbocycles. The third-order valence-corrected chi connectivity index (χ3v) is 2.12. The molecule has 84 valence electrons. The van der Waals surface area contributed by atoms with Crippen LogP contribution in [0, 0.1) is 0 Å². The van der Waals surface area contributed by atoms with Crippen molar-refractivity contribution in [2.24, 2.45) is 0 Å². The molecule has 15 heavy (non-hydrogen) atoms. The van der Waals surface area contributed by atoms with Crippen LogP contribution in [0.4, 0.5) is 4.79 Å². The van der Waals surface area contributed by atoms with E-state index in [4.69, 9.17) is 0 Å². The van der Waals surface area contributed by atoms with Crippen LogP contribution in [0.25, 0.3) is 0 Å². The van der Waals surface area contributed by atoms with Gasteiger partial charge in [0.1, 0.15) is 12.1 Å². The van der Waals surface area contributed by atoms with Crippen molar-refractivity contribution in [3.63, 3.8) is 0 Å². The molecule has 1 aliphatic heterocycles. The number of likely N-dealkylation sites (N-methyl/N-ethyl adjacent to an activating group) is 1. The summed E-state index contributed by atoms with van der Waals surface area (Å²) in [5, 5.41) is 5.03. The van der Waals surface area contributed by atoms with Gasteiger partial charge in [0.25, 0.3) is 5.91 Å². The minimum absolute atomic E-state index is 0.220. The number of carbonyl (C=O) groups is 3. The van der Waals surface area contributed by atoms with Crippen molar-refractivity contribution in [2.75, 3.05) is 13.1 Å². The van der Waals surface area contributed by atoms with Gasteiger partial charge in [-0.1, -0.05) is 0 Å². The minimum Gasteiger partial charge on any atom is -0.355 e. The van der Waals surface area contributed by atoms with Crippen molar-refractivity contribution in [2.45, 2.75) is 26.3 Å². The Bertz CT molecular complexity index is 312. The van der Waals surface area contributed by atoms with Crippen molar-refractivity contribution < 1.29 is 14.4 Å². The maximum Gasteiger partial charge on any atom is 0.325 e. The van der Waals surface area contributed by atoms with Gasteiger partial charge in [-0.2, -0.15) is 0 Å². The van der Waals surface area contributed by atoms with E-state index in [0.29, 0.717) is 6.54 Å². The molecule has 0 aromatic rings. The van der Waals surface area contributed by atoms with Crippen LogP contribution in [0.15, 0.2) is 0 Å². The summed E-state index contributed by atoms with van der Waals surface area (Å²) in [7, 11) is 0. The zero-order chi connectivity index (χ0) is 11.6. The Hall–Kier alpha value is -1.59. The molecule has 6 nitrogen and oxygen atoms in total. The minimum atomic E-state index is -0.913. The van der Waals surface area contributed by atoms with Crippen LogP contribution in [-0.4, -0.2) is 41.4 Å². The van der Waals surface area contributed by atoms with Gasteiger partial charge in [0.05, 0.1) is 0 Å². The van der Waals surface area contributed by atoms with Crippen molar-refractivity contribution in [1.82, 2.24) is 15.5 Å². The maximum atomic E-state index is 11.6. The molecule has 6 heteroatoms. The van der Waals surface area contributed by atoms with Crippen LogP contribution >= 0.6 is 0 Å². The van der Waals surface area contributed by atoms with Gasteiger partial charge in [-0.25, -0.2) is 4.79 Å². The van der Waals surface area contributed by atoms with Crippen LogP contribution in [-0.2, 0) is 9.59 Å². The Labute approximate surface area is 88.0 Å². The second-order valence-electron chi connectivity index (χ2n) is 3.90. The number of rotatable bonds is 3. The normalized spacial score (nSPS) is 19.0. The topological polar surface area (TPSA) is 78.5 Å². The van der Waals surface area contributed by atoms with Gasteiger partial charge >= 0.3 is 6.03 Å². The van der Waals surface area contributed by atoms with E-state index < -0.39 is 11.6 Å². The fourth-order valence-corrected chi connectivity index (χ4v) is 1.36. The number of nitrogens with zero attached hydrogens (tertiary/aromatic N) is 1. The summed E-state index contributed by atoms with van der Waals surface area (Å²) in [6, 6.07) is -0.517. The Balaban J connectivity index is 2.67. The molecule has 2 N–H and O–H groups in total. The third-order valence-electron chi connectivity index (χ3n) is 2.12. The van der Waals surface area contributed by atoms with E-state index >= 15 is 0 Å². The fourth-order valence-electron chi connectivity index (χ4n) is 1.36. The predicted octanol–water partition coefficient (Wildman–Crippen LogP) is -0.547. The van der Waals surface area contributed by atoms with Gasteiger partial charge in [0.2, 0.25) is 5.91 Å². The van der Waals surface area contributed by atoms with E-state index in [9.17, 15) is 14.4 Å². The molecule has 0 aromatic heterocycles. The first-order valence-electron chi connectivity index (χ1n) is 4.79. The molecule has 0 unspecified atom stereocenters. The highest BCUT2D eigenvalue weighted by molar-refractivity contribution is 6.08. The van der Waals surface area contributed by atoms with Crippen LogP contribution in [0.2, 0.25) is 0 Å². The van der Waals surface area contributed by atoms with Crippen molar-refractivity contribution >= 4 is 17.8 Å². The Morgan fingerprint density at radius 2 is 2.07 bits per heavy atom. The number of amides is 4. The van der Waals surface area contributed by atoms with E-state index in [1.807, 2.05) is 0 Å². The average molecular weight is 213 g/mol.